The van der Waals surface area contributed by atoms with Gasteiger partial charge in [0.05, 0.1) is 12.1 Å². The molecule has 5 nitrogen and oxygen atoms in total. The zero-order chi connectivity index (χ0) is 16.7. The number of hydrogen-bond donors (Lipinski definition) is 0. The Hall–Kier alpha value is -1.59. The van der Waals surface area contributed by atoms with Crippen LogP contribution >= 0.6 is 12.4 Å². The number of likely N-dealkylation sites (tertiary alicyclic amines) is 2. The Balaban J connectivity index is 0.00000208. The van der Waals surface area contributed by atoms with Crippen LogP contribution in [0.5, 0.6) is 0 Å². The molecule has 0 unspecified atom stereocenters. The zero-order valence-electron chi connectivity index (χ0n) is 14.4. The van der Waals surface area contributed by atoms with Crippen molar-refractivity contribution < 1.29 is 14.3 Å². The highest BCUT2D eigenvalue weighted by molar-refractivity contribution is 5.85. The number of Topliss-reactive ketones (excluding diaryl/α,β-unsaturated/α-hetero) is 1. The van der Waals surface area contributed by atoms with Crippen LogP contribution in [-0.4, -0.2) is 52.5 Å². The number of nitrogens with zero attached hydrogens (tertiary/aromatic N) is 2. The first-order valence-corrected chi connectivity index (χ1v) is 8.06. The standard InChI is InChI=1S/C18H24N2O3.ClH/c1-17(2,3)23-16(22)19-12-18(13-19)9-15(21)11-20(18)10-14-7-5-4-6-8-14;/h4-8H,9-13H2,1-3H3;1H. The maximum absolute atomic E-state index is 12.1. The molecule has 0 atom stereocenters. The van der Waals surface area contributed by atoms with E-state index in [9.17, 15) is 9.59 Å². The van der Waals surface area contributed by atoms with Gasteiger partial charge < -0.3 is 9.64 Å². The minimum absolute atomic E-state index is 0. The Morgan fingerprint density at radius 2 is 1.83 bits per heavy atom. The second kappa shape index (κ2) is 6.73. The monoisotopic (exact) mass is 352 g/mol. The highest BCUT2D eigenvalue weighted by Gasteiger charge is 2.55. The van der Waals surface area contributed by atoms with Crippen molar-refractivity contribution >= 4 is 24.3 Å². The van der Waals surface area contributed by atoms with Crippen molar-refractivity contribution in [2.24, 2.45) is 0 Å². The number of carbonyl (C=O) groups excluding carboxylic acids is 2. The van der Waals surface area contributed by atoms with Crippen LogP contribution in [0.1, 0.15) is 32.8 Å². The number of amides is 1. The maximum Gasteiger partial charge on any atom is 0.410 e. The largest absolute Gasteiger partial charge is 0.444 e. The molecule has 0 aliphatic carbocycles. The predicted molar refractivity (Wildman–Crippen MR) is 94.3 cm³/mol. The molecule has 1 aromatic carbocycles. The second-order valence-electron chi connectivity index (χ2n) is 7.62. The molecule has 132 valence electrons. The normalized spacial score (nSPS) is 19.8. The second-order valence-corrected chi connectivity index (χ2v) is 7.62. The molecule has 1 amide bonds. The number of ether oxygens (including phenoxy) is 1. The number of carbonyl (C=O) groups is 2. The Bertz CT molecular complexity index is 606. The van der Waals surface area contributed by atoms with Crippen LogP contribution in [0.3, 0.4) is 0 Å². The lowest BCUT2D eigenvalue weighted by atomic mass is 9.86. The van der Waals surface area contributed by atoms with Gasteiger partial charge in [0.2, 0.25) is 0 Å². The Labute approximate surface area is 149 Å². The average molecular weight is 353 g/mol. The van der Waals surface area contributed by atoms with E-state index in [2.05, 4.69) is 17.0 Å². The Morgan fingerprint density at radius 1 is 1.21 bits per heavy atom. The van der Waals surface area contributed by atoms with Gasteiger partial charge in [0.25, 0.3) is 0 Å². The Kier molecular flexibility index (Phi) is 5.25. The van der Waals surface area contributed by atoms with Gasteiger partial charge in [-0.05, 0) is 26.3 Å². The summed E-state index contributed by atoms with van der Waals surface area (Å²) in [7, 11) is 0. The fourth-order valence-corrected chi connectivity index (χ4v) is 3.37. The molecule has 2 aliphatic heterocycles. The summed E-state index contributed by atoms with van der Waals surface area (Å²) < 4.78 is 5.41. The van der Waals surface area contributed by atoms with Crippen molar-refractivity contribution in [3.05, 3.63) is 35.9 Å². The van der Waals surface area contributed by atoms with Gasteiger partial charge in [0.15, 0.2) is 0 Å². The van der Waals surface area contributed by atoms with E-state index in [1.54, 1.807) is 4.90 Å². The van der Waals surface area contributed by atoms with E-state index in [1.165, 1.54) is 5.56 Å². The molecule has 0 N–H and O–H groups in total. The van der Waals surface area contributed by atoms with E-state index in [0.29, 0.717) is 26.1 Å². The molecular weight excluding hydrogens is 328 g/mol. The topological polar surface area (TPSA) is 49.9 Å². The lowest BCUT2D eigenvalue weighted by molar-refractivity contribution is -0.117. The van der Waals surface area contributed by atoms with Crippen LogP contribution in [0.15, 0.2) is 30.3 Å². The summed E-state index contributed by atoms with van der Waals surface area (Å²) in [6.45, 7) is 7.94. The molecule has 6 heteroatoms. The van der Waals surface area contributed by atoms with Gasteiger partial charge in [-0.25, -0.2) is 4.79 Å². The molecule has 0 bridgehead atoms. The molecule has 0 aromatic heterocycles. The van der Waals surface area contributed by atoms with Crippen LogP contribution in [0.25, 0.3) is 0 Å². The van der Waals surface area contributed by atoms with Gasteiger partial charge in [-0.1, -0.05) is 30.3 Å². The molecule has 2 saturated heterocycles. The minimum Gasteiger partial charge on any atom is -0.444 e. The first-order chi connectivity index (χ1) is 10.8. The minimum atomic E-state index is -0.491. The highest BCUT2D eigenvalue weighted by atomic mass is 35.5. The van der Waals surface area contributed by atoms with Gasteiger partial charge in [-0.2, -0.15) is 0 Å². The molecule has 2 heterocycles. The van der Waals surface area contributed by atoms with Crippen molar-refractivity contribution in [3.63, 3.8) is 0 Å². The third-order valence-corrected chi connectivity index (χ3v) is 4.40. The summed E-state index contributed by atoms with van der Waals surface area (Å²) in [5, 5.41) is 0. The molecular formula is C18H25ClN2O3. The lowest BCUT2D eigenvalue weighted by Crippen LogP contribution is -2.69. The SMILES string of the molecule is CC(C)(C)OC(=O)N1CC2(CC(=O)CN2Cc2ccccc2)C1.Cl. The molecule has 1 spiro atoms. The molecule has 1 aromatic rings. The van der Waals surface area contributed by atoms with Crippen molar-refractivity contribution in [1.82, 2.24) is 9.80 Å². The fourth-order valence-electron chi connectivity index (χ4n) is 3.37. The first-order valence-electron chi connectivity index (χ1n) is 8.06. The van der Waals surface area contributed by atoms with Crippen molar-refractivity contribution in [2.75, 3.05) is 19.6 Å². The number of ketones is 1. The quantitative estimate of drug-likeness (QED) is 0.821. The number of hydrogen-bond acceptors (Lipinski definition) is 4. The molecule has 24 heavy (non-hydrogen) atoms. The number of rotatable bonds is 2. The van der Waals surface area contributed by atoms with Crippen LogP contribution in [-0.2, 0) is 16.1 Å². The van der Waals surface area contributed by atoms with E-state index in [-0.39, 0.29) is 29.8 Å². The van der Waals surface area contributed by atoms with Gasteiger partial charge >= 0.3 is 6.09 Å². The van der Waals surface area contributed by atoms with Crippen LogP contribution in [0.4, 0.5) is 4.79 Å². The summed E-state index contributed by atoms with van der Waals surface area (Å²) >= 11 is 0. The number of halogens is 1. The van der Waals surface area contributed by atoms with Crippen molar-refractivity contribution in [1.29, 1.82) is 0 Å². The number of benzene rings is 1. The zero-order valence-corrected chi connectivity index (χ0v) is 15.3. The van der Waals surface area contributed by atoms with Crippen LogP contribution in [0, 0.1) is 0 Å². The van der Waals surface area contributed by atoms with E-state index in [0.717, 1.165) is 6.54 Å². The molecule has 2 aliphatic rings. The summed E-state index contributed by atoms with van der Waals surface area (Å²) in [5.74, 6) is 0.254. The lowest BCUT2D eigenvalue weighted by Gasteiger charge is -2.52. The third-order valence-electron chi connectivity index (χ3n) is 4.40. The molecule has 2 fully saturated rings. The van der Waals surface area contributed by atoms with E-state index >= 15 is 0 Å². The highest BCUT2D eigenvalue weighted by Crippen LogP contribution is 2.37. The predicted octanol–water partition coefficient (Wildman–Crippen LogP) is 2.87. The summed E-state index contributed by atoms with van der Waals surface area (Å²) in [5.41, 5.74) is 0.496. The van der Waals surface area contributed by atoms with Gasteiger partial charge in [-0.15, -0.1) is 12.4 Å². The van der Waals surface area contributed by atoms with Crippen molar-refractivity contribution in [2.45, 2.75) is 44.9 Å². The third kappa shape index (κ3) is 3.90. The van der Waals surface area contributed by atoms with Crippen LogP contribution in [0.2, 0.25) is 0 Å². The van der Waals surface area contributed by atoms with E-state index < -0.39 is 5.60 Å². The van der Waals surface area contributed by atoms with Crippen molar-refractivity contribution in [3.8, 4) is 0 Å². The van der Waals surface area contributed by atoms with E-state index in [1.807, 2.05) is 39.0 Å². The van der Waals surface area contributed by atoms with E-state index in [4.69, 9.17) is 4.74 Å². The average Bonchev–Trinajstić information content (AvgIpc) is 2.73. The maximum atomic E-state index is 12.1. The fraction of sp³-hybridized carbons (Fsp3) is 0.556. The van der Waals surface area contributed by atoms with Gasteiger partial charge in [0, 0.05) is 26.1 Å². The smallest absolute Gasteiger partial charge is 0.410 e. The molecule has 0 radical (unpaired) electrons. The first kappa shape index (κ1) is 18.7. The van der Waals surface area contributed by atoms with Crippen LogP contribution < -0.4 is 0 Å². The molecule has 3 rings (SSSR count). The summed E-state index contributed by atoms with van der Waals surface area (Å²) in [4.78, 5) is 28.0. The summed E-state index contributed by atoms with van der Waals surface area (Å²) in [6.07, 6.45) is 0.237. The molecule has 0 saturated carbocycles. The van der Waals surface area contributed by atoms with Gasteiger partial charge in [0.1, 0.15) is 11.4 Å². The Morgan fingerprint density at radius 3 is 2.42 bits per heavy atom. The summed E-state index contributed by atoms with van der Waals surface area (Å²) in [6, 6.07) is 10.1. The van der Waals surface area contributed by atoms with Gasteiger partial charge in [-0.3, -0.25) is 9.69 Å².